The van der Waals surface area contributed by atoms with E-state index in [9.17, 15) is 14.4 Å². The molecule has 0 saturated carbocycles. The number of benzene rings is 2. The van der Waals surface area contributed by atoms with Gasteiger partial charge in [0, 0.05) is 29.1 Å². The summed E-state index contributed by atoms with van der Waals surface area (Å²) in [6.45, 7) is 0. The maximum Gasteiger partial charge on any atom is 0.242 e. The highest BCUT2D eigenvalue weighted by atomic mass is 35.5. The summed E-state index contributed by atoms with van der Waals surface area (Å²) in [5.41, 5.74) is 1.56. The number of halogens is 1. The van der Waals surface area contributed by atoms with Gasteiger partial charge in [0.2, 0.25) is 17.7 Å². The molecule has 26 heavy (non-hydrogen) atoms. The van der Waals surface area contributed by atoms with Crippen molar-refractivity contribution in [2.24, 2.45) is 0 Å². The Balaban J connectivity index is 1.56. The molecule has 1 saturated heterocycles. The summed E-state index contributed by atoms with van der Waals surface area (Å²) in [4.78, 5) is 37.7. The smallest absolute Gasteiger partial charge is 0.242 e. The zero-order valence-electron chi connectivity index (χ0n) is 14.1. The molecule has 0 radical (unpaired) electrons. The van der Waals surface area contributed by atoms with Crippen LogP contribution < -0.4 is 5.32 Å². The van der Waals surface area contributed by atoms with Crippen molar-refractivity contribution in [1.82, 2.24) is 4.90 Å². The molecule has 3 amide bonds. The van der Waals surface area contributed by atoms with Gasteiger partial charge in [0.15, 0.2) is 0 Å². The number of nitrogens with zero attached hydrogens (tertiary/aromatic N) is 1. The van der Waals surface area contributed by atoms with E-state index in [1.54, 1.807) is 24.3 Å². The van der Waals surface area contributed by atoms with Crippen molar-refractivity contribution in [3.8, 4) is 0 Å². The van der Waals surface area contributed by atoms with Gasteiger partial charge in [-0.2, -0.15) is 0 Å². The van der Waals surface area contributed by atoms with Crippen LogP contribution in [0.3, 0.4) is 0 Å². The second-order valence-electron chi connectivity index (χ2n) is 5.98. The van der Waals surface area contributed by atoms with Crippen molar-refractivity contribution in [2.45, 2.75) is 23.0 Å². The summed E-state index contributed by atoms with van der Waals surface area (Å²) in [7, 11) is 1.50. The van der Waals surface area contributed by atoms with Gasteiger partial charge in [-0.1, -0.05) is 23.7 Å². The van der Waals surface area contributed by atoms with E-state index < -0.39 is 0 Å². The summed E-state index contributed by atoms with van der Waals surface area (Å²) in [5.74, 6) is -0.440. The van der Waals surface area contributed by atoms with Gasteiger partial charge < -0.3 is 5.32 Å². The summed E-state index contributed by atoms with van der Waals surface area (Å²) in [6.07, 6.45) is 0.484. The van der Waals surface area contributed by atoms with Crippen LogP contribution in [0.4, 0.5) is 5.69 Å². The zero-order chi connectivity index (χ0) is 18.7. The van der Waals surface area contributed by atoms with Crippen LogP contribution in [0.25, 0.3) is 0 Å². The molecule has 1 fully saturated rings. The molecule has 134 valence electrons. The lowest BCUT2D eigenvalue weighted by Gasteiger charge is -2.10. The van der Waals surface area contributed by atoms with Gasteiger partial charge in [-0.15, -0.1) is 11.8 Å². The van der Waals surface area contributed by atoms with Gasteiger partial charge in [0.05, 0.1) is 11.7 Å². The third-order valence-corrected chi connectivity index (χ3v) is 5.48. The second kappa shape index (κ2) is 7.93. The molecule has 1 heterocycles. The van der Waals surface area contributed by atoms with Crippen molar-refractivity contribution in [3.63, 3.8) is 0 Å². The monoisotopic (exact) mass is 388 g/mol. The third-order valence-electron chi connectivity index (χ3n) is 4.03. The lowest BCUT2D eigenvalue weighted by atomic mass is 10.1. The molecule has 0 spiro atoms. The number of rotatable bonds is 5. The number of hydrogen-bond donors (Lipinski definition) is 1. The highest BCUT2D eigenvalue weighted by Crippen LogP contribution is 2.31. The summed E-state index contributed by atoms with van der Waals surface area (Å²) in [6, 6.07) is 14.4. The van der Waals surface area contributed by atoms with Gasteiger partial charge >= 0.3 is 0 Å². The molecule has 1 atom stereocenters. The van der Waals surface area contributed by atoms with Gasteiger partial charge in [-0.05, 0) is 42.0 Å². The molecule has 2 aromatic rings. The van der Waals surface area contributed by atoms with Gasteiger partial charge in [0.25, 0.3) is 0 Å². The van der Waals surface area contributed by atoms with Crippen LogP contribution in [0, 0.1) is 0 Å². The minimum Gasteiger partial charge on any atom is -0.326 e. The first-order chi connectivity index (χ1) is 12.4. The van der Waals surface area contributed by atoms with Crippen LogP contribution in [-0.4, -0.2) is 34.9 Å². The maximum atomic E-state index is 12.1. The van der Waals surface area contributed by atoms with E-state index in [-0.39, 0.29) is 35.8 Å². The molecule has 0 bridgehead atoms. The number of nitrogens with one attached hydrogen (secondary N) is 1. The lowest BCUT2D eigenvalue weighted by molar-refractivity contribution is -0.136. The number of amides is 3. The number of likely N-dealkylation sites (tertiary alicyclic amines) is 1. The van der Waals surface area contributed by atoms with E-state index in [1.165, 1.54) is 23.7 Å². The SMILES string of the molecule is CN1C(=O)CC(Sc2ccc(NC(=O)Cc3ccc(Cl)cc3)cc2)C1=O. The highest BCUT2D eigenvalue weighted by molar-refractivity contribution is 8.00. The number of hydrogen-bond acceptors (Lipinski definition) is 4. The Labute approximate surface area is 160 Å². The van der Waals surface area contributed by atoms with Crippen LogP contribution >= 0.6 is 23.4 Å². The van der Waals surface area contributed by atoms with Crippen molar-refractivity contribution in [1.29, 1.82) is 0 Å². The van der Waals surface area contributed by atoms with E-state index in [4.69, 9.17) is 11.6 Å². The molecule has 1 unspecified atom stereocenters. The van der Waals surface area contributed by atoms with E-state index >= 15 is 0 Å². The normalized spacial score (nSPS) is 16.8. The number of thioether (sulfide) groups is 1. The second-order valence-corrected chi connectivity index (χ2v) is 7.69. The van der Waals surface area contributed by atoms with Crippen LogP contribution in [0.2, 0.25) is 5.02 Å². The third kappa shape index (κ3) is 4.45. The number of carbonyl (C=O) groups excluding carboxylic acids is 3. The van der Waals surface area contributed by atoms with Gasteiger partial charge in [-0.25, -0.2) is 0 Å². The Kier molecular flexibility index (Phi) is 5.64. The van der Waals surface area contributed by atoms with E-state index in [0.29, 0.717) is 10.7 Å². The van der Waals surface area contributed by atoms with Gasteiger partial charge in [0.1, 0.15) is 0 Å². The Morgan fingerprint density at radius 2 is 1.81 bits per heavy atom. The minimum atomic E-state index is -0.377. The molecule has 1 aliphatic heterocycles. The van der Waals surface area contributed by atoms with Crippen LogP contribution in [0.5, 0.6) is 0 Å². The summed E-state index contributed by atoms with van der Waals surface area (Å²) >= 11 is 7.19. The number of imide groups is 1. The van der Waals surface area contributed by atoms with Crippen molar-refractivity contribution in [3.05, 3.63) is 59.1 Å². The summed E-state index contributed by atoms with van der Waals surface area (Å²) in [5, 5.41) is 3.10. The van der Waals surface area contributed by atoms with E-state index in [1.807, 2.05) is 24.3 Å². The molecule has 1 aliphatic rings. The Bertz CT molecular complexity index is 837. The van der Waals surface area contributed by atoms with Crippen molar-refractivity contribution >= 4 is 46.8 Å². The average molecular weight is 389 g/mol. The number of anilines is 1. The summed E-state index contributed by atoms with van der Waals surface area (Å²) < 4.78 is 0. The first-order valence-corrected chi connectivity index (χ1v) is 9.29. The van der Waals surface area contributed by atoms with Crippen LogP contribution in [0.1, 0.15) is 12.0 Å². The standard InChI is InChI=1S/C19H17ClN2O3S/c1-22-18(24)11-16(19(22)25)26-15-8-6-14(7-9-15)21-17(23)10-12-2-4-13(20)5-3-12/h2-9,16H,10-11H2,1H3,(H,21,23). The predicted molar refractivity (Wildman–Crippen MR) is 102 cm³/mol. The van der Waals surface area contributed by atoms with Crippen LogP contribution in [0.15, 0.2) is 53.4 Å². The highest BCUT2D eigenvalue weighted by Gasteiger charge is 2.36. The fourth-order valence-electron chi connectivity index (χ4n) is 2.59. The van der Waals surface area contributed by atoms with Crippen molar-refractivity contribution in [2.75, 3.05) is 12.4 Å². The lowest BCUT2D eigenvalue weighted by Crippen LogP contribution is -2.26. The molecule has 3 rings (SSSR count). The Morgan fingerprint density at radius 3 is 2.38 bits per heavy atom. The quantitative estimate of drug-likeness (QED) is 0.797. The molecular formula is C19H17ClN2O3S. The molecule has 0 aromatic heterocycles. The average Bonchev–Trinajstić information content (AvgIpc) is 2.85. The van der Waals surface area contributed by atoms with Crippen molar-refractivity contribution < 1.29 is 14.4 Å². The Hall–Kier alpha value is -2.31. The fourth-order valence-corrected chi connectivity index (χ4v) is 3.82. The predicted octanol–water partition coefficient (Wildman–Crippen LogP) is 3.37. The minimum absolute atomic E-state index is 0.120. The zero-order valence-corrected chi connectivity index (χ0v) is 15.6. The molecular weight excluding hydrogens is 372 g/mol. The molecule has 1 N–H and O–H groups in total. The molecule has 7 heteroatoms. The maximum absolute atomic E-state index is 12.1. The first kappa shape index (κ1) is 18.5. The molecule has 0 aliphatic carbocycles. The van der Waals surface area contributed by atoms with E-state index in [2.05, 4.69) is 5.32 Å². The molecule has 5 nitrogen and oxygen atoms in total. The van der Waals surface area contributed by atoms with Crippen LogP contribution in [-0.2, 0) is 20.8 Å². The fraction of sp³-hybridized carbons (Fsp3) is 0.211. The Morgan fingerprint density at radius 1 is 1.15 bits per heavy atom. The topological polar surface area (TPSA) is 66.5 Å². The van der Waals surface area contributed by atoms with E-state index in [0.717, 1.165) is 10.5 Å². The number of carbonyl (C=O) groups is 3. The molecule has 2 aromatic carbocycles. The first-order valence-electron chi connectivity index (χ1n) is 8.04. The van der Waals surface area contributed by atoms with Gasteiger partial charge in [-0.3, -0.25) is 19.3 Å². The largest absolute Gasteiger partial charge is 0.326 e.